The van der Waals surface area contributed by atoms with Gasteiger partial charge in [0.25, 0.3) is 0 Å². The first-order chi connectivity index (χ1) is 7.02. The van der Waals surface area contributed by atoms with Crippen molar-refractivity contribution in [3.05, 3.63) is 35.9 Å². The third-order valence-electron chi connectivity index (χ3n) is 2.78. The average Bonchev–Trinajstić information content (AvgIpc) is 2.19. The molecular weight excluding hydrogens is 186 g/mol. The van der Waals surface area contributed by atoms with Crippen molar-refractivity contribution in [1.82, 2.24) is 0 Å². The summed E-state index contributed by atoms with van der Waals surface area (Å²) in [7, 11) is 0. The van der Waals surface area contributed by atoms with Crippen LogP contribution in [0.3, 0.4) is 0 Å². The molecule has 0 bridgehead atoms. The molecule has 1 rings (SSSR count). The molecule has 0 spiro atoms. The molecule has 1 aromatic carbocycles. The summed E-state index contributed by atoms with van der Waals surface area (Å²) < 4.78 is 0. The van der Waals surface area contributed by atoms with E-state index in [0.29, 0.717) is 0 Å². The van der Waals surface area contributed by atoms with Crippen molar-refractivity contribution >= 4 is 5.91 Å². The van der Waals surface area contributed by atoms with E-state index < -0.39 is 0 Å². The van der Waals surface area contributed by atoms with Crippen LogP contribution in [-0.2, 0) is 11.2 Å². The first-order valence-corrected chi connectivity index (χ1v) is 5.36. The molecule has 0 aromatic heterocycles. The second-order valence-electron chi connectivity index (χ2n) is 4.59. The summed E-state index contributed by atoms with van der Waals surface area (Å²) >= 11 is 0. The zero-order valence-electron chi connectivity index (χ0n) is 9.49. The van der Waals surface area contributed by atoms with Gasteiger partial charge in [-0.1, -0.05) is 44.2 Å². The van der Waals surface area contributed by atoms with Gasteiger partial charge in [0, 0.05) is 5.41 Å². The molecule has 0 radical (unpaired) electrons. The Kier molecular flexibility index (Phi) is 3.89. The molecule has 2 heteroatoms. The first kappa shape index (κ1) is 11.8. The van der Waals surface area contributed by atoms with Gasteiger partial charge >= 0.3 is 0 Å². The van der Waals surface area contributed by atoms with Crippen LogP contribution in [0.4, 0.5) is 0 Å². The van der Waals surface area contributed by atoms with Crippen molar-refractivity contribution in [3.8, 4) is 0 Å². The Labute approximate surface area is 91.5 Å². The quantitative estimate of drug-likeness (QED) is 0.788. The number of hydrogen-bond acceptors (Lipinski definition) is 1. The van der Waals surface area contributed by atoms with Gasteiger partial charge in [-0.25, -0.2) is 0 Å². The molecule has 0 heterocycles. The van der Waals surface area contributed by atoms with Crippen LogP contribution >= 0.6 is 0 Å². The van der Waals surface area contributed by atoms with E-state index in [0.717, 1.165) is 19.3 Å². The van der Waals surface area contributed by atoms with Gasteiger partial charge in [0.2, 0.25) is 5.91 Å². The summed E-state index contributed by atoms with van der Waals surface area (Å²) in [6.07, 6.45) is 2.86. The lowest BCUT2D eigenvalue weighted by atomic mass is 9.86. The number of rotatable bonds is 5. The zero-order chi connectivity index (χ0) is 11.3. The van der Waals surface area contributed by atoms with Crippen molar-refractivity contribution in [3.63, 3.8) is 0 Å². The van der Waals surface area contributed by atoms with E-state index in [1.54, 1.807) is 0 Å². The van der Waals surface area contributed by atoms with Crippen LogP contribution in [0.25, 0.3) is 0 Å². The molecule has 2 nitrogen and oxygen atoms in total. The number of carbonyl (C=O) groups is 1. The maximum Gasteiger partial charge on any atom is 0.223 e. The van der Waals surface area contributed by atoms with Gasteiger partial charge in [0.1, 0.15) is 0 Å². The molecule has 0 unspecified atom stereocenters. The zero-order valence-corrected chi connectivity index (χ0v) is 9.49. The van der Waals surface area contributed by atoms with Gasteiger partial charge in [-0.15, -0.1) is 0 Å². The lowest BCUT2D eigenvalue weighted by Gasteiger charge is -2.19. The predicted octanol–water partition coefficient (Wildman–Crippen LogP) is 2.52. The normalized spacial score (nSPS) is 11.3. The van der Waals surface area contributed by atoms with Gasteiger partial charge in [-0.05, 0) is 24.8 Å². The van der Waals surface area contributed by atoms with Gasteiger partial charge in [-0.3, -0.25) is 4.79 Å². The van der Waals surface area contributed by atoms with Crippen molar-refractivity contribution in [2.45, 2.75) is 33.1 Å². The van der Waals surface area contributed by atoms with Crippen LogP contribution in [0, 0.1) is 5.41 Å². The van der Waals surface area contributed by atoms with Crippen LogP contribution in [-0.4, -0.2) is 5.91 Å². The minimum atomic E-state index is -0.380. The Morgan fingerprint density at radius 1 is 1.27 bits per heavy atom. The number of nitrogens with two attached hydrogens (primary N) is 1. The van der Waals surface area contributed by atoms with E-state index in [9.17, 15) is 4.79 Å². The van der Waals surface area contributed by atoms with E-state index in [2.05, 4.69) is 12.1 Å². The fraction of sp³-hybridized carbons (Fsp3) is 0.462. The van der Waals surface area contributed by atoms with Crippen LogP contribution in [0.1, 0.15) is 32.3 Å². The summed E-state index contributed by atoms with van der Waals surface area (Å²) in [5.74, 6) is -0.212. The molecule has 0 saturated heterocycles. The summed E-state index contributed by atoms with van der Waals surface area (Å²) in [6, 6.07) is 10.3. The van der Waals surface area contributed by atoms with Gasteiger partial charge < -0.3 is 5.73 Å². The van der Waals surface area contributed by atoms with Gasteiger partial charge in [0.15, 0.2) is 0 Å². The van der Waals surface area contributed by atoms with E-state index in [1.807, 2.05) is 32.0 Å². The molecule has 0 fully saturated rings. The Bertz CT molecular complexity index is 317. The van der Waals surface area contributed by atoms with Crippen LogP contribution in [0.15, 0.2) is 30.3 Å². The van der Waals surface area contributed by atoms with Crippen molar-refractivity contribution in [1.29, 1.82) is 0 Å². The largest absolute Gasteiger partial charge is 0.369 e. The van der Waals surface area contributed by atoms with Crippen LogP contribution in [0.2, 0.25) is 0 Å². The topological polar surface area (TPSA) is 43.1 Å². The molecular formula is C13H19NO. The first-order valence-electron chi connectivity index (χ1n) is 5.36. The highest BCUT2D eigenvalue weighted by molar-refractivity contribution is 5.79. The molecule has 15 heavy (non-hydrogen) atoms. The second-order valence-corrected chi connectivity index (χ2v) is 4.59. The van der Waals surface area contributed by atoms with Crippen molar-refractivity contribution in [2.24, 2.45) is 11.1 Å². The smallest absolute Gasteiger partial charge is 0.223 e. The molecule has 2 N–H and O–H groups in total. The molecule has 1 aromatic rings. The maximum absolute atomic E-state index is 11.1. The minimum Gasteiger partial charge on any atom is -0.369 e. The highest BCUT2D eigenvalue weighted by Crippen LogP contribution is 2.22. The summed E-state index contributed by atoms with van der Waals surface area (Å²) in [5.41, 5.74) is 6.25. The second kappa shape index (κ2) is 4.96. The number of hydrogen-bond donors (Lipinski definition) is 1. The summed E-state index contributed by atoms with van der Waals surface area (Å²) in [5, 5.41) is 0. The SMILES string of the molecule is CC(C)(CCCc1ccccc1)C(N)=O. The summed E-state index contributed by atoms with van der Waals surface area (Å²) in [6.45, 7) is 3.81. The Morgan fingerprint density at radius 3 is 2.40 bits per heavy atom. The molecule has 82 valence electrons. The standard InChI is InChI=1S/C13H19NO/c1-13(2,12(14)15)10-6-9-11-7-4-3-5-8-11/h3-5,7-8H,6,9-10H2,1-2H3,(H2,14,15). The fourth-order valence-electron chi connectivity index (χ4n) is 1.50. The highest BCUT2D eigenvalue weighted by atomic mass is 16.1. The van der Waals surface area contributed by atoms with E-state index in [4.69, 9.17) is 5.73 Å². The monoisotopic (exact) mass is 205 g/mol. The number of benzene rings is 1. The molecule has 0 atom stereocenters. The van der Waals surface area contributed by atoms with Gasteiger partial charge in [0.05, 0.1) is 0 Å². The Hall–Kier alpha value is -1.31. The van der Waals surface area contributed by atoms with Crippen LogP contribution < -0.4 is 5.73 Å². The van der Waals surface area contributed by atoms with E-state index >= 15 is 0 Å². The lowest BCUT2D eigenvalue weighted by molar-refractivity contribution is -0.126. The third-order valence-corrected chi connectivity index (χ3v) is 2.78. The molecule has 0 aliphatic rings. The third kappa shape index (κ3) is 3.74. The van der Waals surface area contributed by atoms with E-state index in [1.165, 1.54) is 5.56 Å². The fourth-order valence-corrected chi connectivity index (χ4v) is 1.50. The molecule has 1 amide bonds. The number of aryl methyl sites for hydroxylation is 1. The number of primary amides is 1. The van der Waals surface area contributed by atoms with Crippen molar-refractivity contribution < 1.29 is 4.79 Å². The van der Waals surface area contributed by atoms with Crippen LogP contribution in [0.5, 0.6) is 0 Å². The highest BCUT2D eigenvalue weighted by Gasteiger charge is 2.23. The Balaban J connectivity index is 2.37. The van der Waals surface area contributed by atoms with Crippen molar-refractivity contribution in [2.75, 3.05) is 0 Å². The van der Waals surface area contributed by atoms with E-state index in [-0.39, 0.29) is 11.3 Å². The van der Waals surface area contributed by atoms with Gasteiger partial charge in [-0.2, -0.15) is 0 Å². The number of amides is 1. The Morgan fingerprint density at radius 2 is 1.87 bits per heavy atom. The minimum absolute atomic E-state index is 0.212. The lowest BCUT2D eigenvalue weighted by Crippen LogP contribution is -2.31. The predicted molar refractivity (Wildman–Crippen MR) is 62.4 cm³/mol. The summed E-state index contributed by atoms with van der Waals surface area (Å²) in [4.78, 5) is 11.1. The maximum atomic E-state index is 11.1. The average molecular weight is 205 g/mol. The molecule has 0 aliphatic carbocycles. The number of carbonyl (C=O) groups excluding carboxylic acids is 1. The molecule has 0 saturated carbocycles. The molecule has 0 aliphatic heterocycles.